The van der Waals surface area contributed by atoms with Gasteiger partial charge in [0, 0.05) is 39.3 Å². The molecule has 0 radical (unpaired) electrons. The lowest BCUT2D eigenvalue weighted by Gasteiger charge is -2.39. The van der Waals surface area contributed by atoms with Gasteiger partial charge in [-0.1, -0.05) is 0 Å². The lowest BCUT2D eigenvalue weighted by Crippen LogP contribution is -2.53. The summed E-state index contributed by atoms with van der Waals surface area (Å²) >= 11 is 0. The Hall–Kier alpha value is -3.62. The molecule has 32 heavy (non-hydrogen) atoms. The Balaban J connectivity index is 1.18. The molecule has 3 aromatic heterocycles. The third-order valence-corrected chi connectivity index (χ3v) is 6.13. The van der Waals surface area contributed by atoms with Crippen LogP contribution in [0, 0.1) is 5.92 Å². The van der Waals surface area contributed by atoms with Crippen molar-refractivity contribution in [3.63, 3.8) is 0 Å². The number of furan rings is 2. The molecule has 1 atom stereocenters. The molecule has 166 valence electrons. The SMILES string of the molecule is O=C(c1ccco1)N1CCN(C(=O)C2CCCN(c3ccc(-c4ccco4)nn3)C2)CC1. The van der Waals surface area contributed by atoms with Crippen molar-refractivity contribution < 1.29 is 18.4 Å². The van der Waals surface area contributed by atoms with E-state index < -0.39 is 0 Å². The summed E-state index contributed by atoms with van der Waals surface area (Å²) in [5.41, 5.74) is 0.686. The molecule has 2 aliphatic heterocycles. The normalized spacial score (nSPS) is 19.2. The first kappa shape index (κ1) is 20.3. The minimum absolute atomic E-state index is 0.0809. The summed E-state index contributed by atoms with van der Waals surface area (Å²) in [7, 11) is 0. The van der Waals surface area contributed by atoms with Crippen molar-refractivity contribution in [2.24, 2.45) is 5.92 Å². The van der Waals surface area contributed by atoms with Crippen LogP contribution in [0.5, 0.6) is 0 Å². The quantitative estimate of drug-likeness (QED) is 0.621. The molecule has 1 unspecified atom stereocenters. The molecule has 0 aromatic carbocycles. The lowest BCUT2D eigenvalue weighted by molar-refractivity contribution is -0.137. The summed E-state index contributed by atoms with van der Waals surface area (Å²) < 4.78 is 10.6. The van der Waals surface area contributed by atoms with Gasteiger partial charge in [0.2, 0.25) is 5.91 Å². The summed E-state index contributed by atoms with van der Waals surface area (Å²) in [6, 6.07) is 10.9. The average molecular weight is 435 g/mol. The van der Waals surface area contributed by atoms with Crippen LogP contribution in [0.25, 0.3) is 11.5 Å². The van der Waals surface area contributed by atoms with Crippen molar-refractivity contribution in [3.8, 4) is 11.5 Å². The molecule has 2 fully saturated rings. The minimum atomic E-state index is -0.123. The third kappa shape index (κ3) is 4.10. The zero-order chi connectivity index (χ0) is 21.9. The maximum atomic E-state index is 13.2. The van der Waals surface area contributed by atoms with Crippen molar-refractivity contribution in [1.82, 2.24) is 20.0 Å². The average Bonchev–Trinajstić information content (AvgIpc) is 3.58. The van der Waals surface area contributed by atoms with Crippen molar-refractivity contribution in [2.45, 2.75) is 12.8 Å². The second-order valence-electron chi connectivity index (χ2n) is 8.13. The number of hydrogen-bond acceptors (Lipinski definition) is 7. The second kappa shape index (κ2) is 8.86. The number of anilines is 1. The number of aromatic nitrogens is 2. The zero-order valence-corrected chi connectivity index (χ0v) is 17.7. The summed E-state index contributed by atoms with van der Waals surface area (Å²) in [6.07, 6.45) is 4.89. The molecule has 5 rings (SSSR count). The first-order valence-electron chi connectivity index (χ1n) is 10.9. The van der Waals surface area contributed by atoms with E-state index in [1.165, 1.54) is 6.26 Å². The highest BCUT2D eigenvalue weighted by Gasteiger charge is 2.33. The fourth-order valence-electron chi connectivity index (χ4n) is 4.38. The molecule has 0 saturated carbocycles. The number of rotatable bonds is 4. The number of amides is 2. The Kier molecular flexibility index (Phi) is 5.62. The largest absolute Gasteiger partial charge is 0.463 e. The van der Waals surface area contributed by atoms with E-state index in [4.69, 9.17) is 8.83 Å². The van der Waals surface area contributed by atoms with E-state index in [1.807, 2.05) is 29.2 Å². The molecule has 2 saturated heterocycles. The molecular weight excluding hydrogens is 410 g/mol. The van der Waals surface area contributed by atoms with Crippen LogP contribution in [0.3, 0.4) is 0 Å². The van der Waals surface area contributed by atoms with Crippen LogP contribution in [-0.4, -0.2) is 71.1 Å². The highest BCUT2D eigenvalue weighted by atomic mass is 16.3. The number of carbonyl (C=O) groups excluding carboxylic acids is 2. The molecule has 0 spiro atoms. The molecule has 0 bridgehead atoms. The Labute approximate surface area is 185 Å². The van der Waals surface area contributed by atoms with Crippen molar-refractivity contribution >= 4 is 17.6 Å². The highest BCUT2D eigenvalue weighted by molar-refractivity contribution is 5.91. The monoisotopic (exact) mass is 435 g/mol. The van der Waals surface area contributed by atoms with E-state index >= 15 is 0 Å². The van der Waals surface area contributed by atoms with E-state index in [9.17, 15) is 9.59 Å². The summed E-state index contributed by atoms with van der Waals surface area (Å²) in [4.78, 5) is 31.4. The molecule has 2 aliphatic rings. The van der Waals surface area contributed by atoms with E-state index in [2.05, 4.69) is 15.1 Å². The Morgan fingerprint density at radius 1 is 0.875 bits per heavy atom. The van der Waals surface area contributed by atoms with Gasteiger partial charge >= 0.3 is 0 Å². The van der Waals surface area contributed by atoms with Crippen molar-refractivity contribution in [3.05, 3.63) is 54.7 Å². The Bertz CT molecular complexity index is 1040. The van der Waals surface area contributed by atoms with Crippen LogP contribution in [0.1, 0.15) is 23.4 Å². The molecule has 0 aliphatic carbocycles. The second-order valence-corrected chi connectivity index (χ2v) is 8.13. The van der Waals surface area contributed by atoms with Gasteiger partial charge < -0.3 is 23.5 Å². The Morgan fingerprint density at radius 2 is 1.66 bits per heavy atom. The number of nitrogens with zero attached hydrogens (tertiary/aromatic N) is 5. The number of piperazine rings is 1. The molecule has 0 N–H and O–H groups in total. The van der Waals surface area contributed by atoms with E-state index in [0.717, 1.165) is 25.2 Å². The fourth-order valence-corrected chi connectivity index (χ4v) is 4.38. The van der Waals surface area contributed by atoms with Crippen LogP contribution in [0.4, 0.5) is 5.82 Å². The van der Waals surface area contributed by atoms with Gasteiger partial charge in [0.1, 0.15) is 5.69 Å². The van der Waals surface area contributed by atoms with Crippen LogP contribution in [0.2, 0.25) is 0 Å². The number of piperidine rings is 1. The smallest absolute Gasteiger partial charge is 0.289 e. The van der Waals surface area contributed by atoms with E-state index in [-0.39, 0.29) is 17.7 Å². The van der Waals surface area contributed by atoms with Crippen LogP contribution in [-0.2, 0) is 4.79 Å². The van der Waals surface area contributed by atoms with Crippen molar-refractivity contribution in [2.75, 3.05) is 44.2 Å². The maximum Gasteiger partial charge on any atom is 0.289 e. The molecule has 5 heterocycles. The van der Waals surface area contributed by atoms with Gasteiger partial charge in [-0.25, -0.2) is 0 Å². The molecular formula is C23H25N5O4. The maximum absolute atomic E-state index is 13.2. The van der Waals surface area contributed by atoms with Crippen LogP contribution in [0.15, 0.2) is 57.8 Å². The van der Waals surface area contributed by atoms with Gasteiger partial charge in [0.05, 0.1) is 18.4 Å². The standard InChI is InChI=1S/C23H25N5O4/c29-22(26-10-12-27(13-11-26)23(30)20-6-3-15-32-20)17-4-1-9-28(16-17)21-8-7-18(24-25-21)19-5-2-14-31-19/h2-3,5-8,14-15,17H,1,4,9-13,16H2. The van der Waals surface area contributed by atoms with Crippen LogP contribution < -0.4 is 4.90 Å². The number of hydrogen-bond donors (Lipinski definition) is 0. The van der Waals surface area contributed by atoms with Gasteiger partial charge in [0.15, 0.2) is 17.3 Å². The van der Waals surface area contributed by atoms with E-state index in [1.54, 1.807) is 23.3 Å². The minimum Gasteiger partial charge on any atom is -0.463 e. The predicted molar refractivity (Wildman–Crippen MR) is 116 cm³/mol. The number of carbonyl (C=O) groups is 2. The first-order chi connectivity index (χ1) is 15.7. The van der Waals surface area contributed by atoms with Crippen LogP contribution >= 0.6 is 0 Å². The van der Waals surface area contributed by atoms with E-state index in [0.29, 0.717) is 49.9 Å². The zero-order valence-electron chi connectivity index (χ0n) is 17.7. The third-order valence-electron chi connectivity index (χ3n) is 6.13. The van der Waals surface area contributed by atoms with Gasteiger partial charge in [-0.3, -0.25) is 9.59 Å². The first-order valence-corrected chi connectivity index (χ1v) is 10.9. The van der Waals surface area contributed by atoms with Gasteiger partial charge in [-0.2, -0.15) is 0 Å². The predicted octanol–water partition coefficient (Wildman–Crippen LogP) is 2.53. The summed E-state index contributed by atoms with van der Waals surface area (Å²) in [6.45, 7) is 3.59. The van der Waals surface area contributed by atoms with Gasteiger partial charge in [-0.05, 0) is 49.2 Å². The molecule has 9 heteroatoms. The van der Waals surface area contributed by atoms with Gasteiger partial charge in [-0.15, -0.1) is 10.2 Å². The lowest BCUT2D eigenvalue weighted by atomic mass is 9.96. The molecule has 9 nitrogen and oxygen atoms in total. The summed E-state index contributed by atoms with van der Waals surface area (Å²) in [5.74, 6) is 1.74. The Morgan fingerprint density at radius 3 is 2.34 bits per heavy atom. The van der Waals surface area contributed by atoms with Gasteiger partial charge in [0.25, 0.3) is 5.91 Å². The highest BCUT2D eigenvalue weighted by Crippen LogP contribution is 2.25. The van der Waals surface area contributed by atoms with Crippen molar-refractivity contribution in [1.29, 1.82) is 0 Å². The molecule has 2 amide bonds. The topological polar surface area (TPSA) is 95.9 Å². The fraction of sp³-hybridized carbons (Fsp3) is 0.391. The summed E-state index contributed by atoms with van der Waals surface area (Å²) in [5, 5.41) is 8.63. The molecule has 3 aromatic rings.